The van der Waals surface area contributed by atoms with Crippen molar-refractivity contribution >= 4 is 69.8 Å². The number of alkyl halides is 3. The predicted molar refractivity (Wildman–Crippen MR) is 173 cm³/mol. The van der Waals surface area contributed by atoms with Crippen molar-refractivity contribution in [2.45, 2.75) is 42.1 Å². The first-order valence-electron chi connectivity index (χ1n) is 14.3. The quantitative estimate of drug-likeness (QED) is 0.172. The largest absolute Gasteiger partial charge is 0.450 e. The minimum atomic E-state index is -1.77. The number of hydrogen-bond acceptors (Lipinski definition) is 8. The lowest BCUT2D eigenvalue weighted by Gasteiger charge is -2.39. The summed E-state index contributed by atoms with van der Waals surface area (Å²) in [6, 6.07) is 11.6. The molecule has 0 bridgehead atoms. The molecular weight excluding hydrogens is 645 g/mol. The average molecular weight is 681 g/mol. The first-order valence-corrected chi connectivity index (χ1v) is 15.4. The van der Waals surface area contributed by atoms with E-state index in [1.165, 1.54) is 4.90 Å². The molecule has 1 fully saturated rings. The lowest BCUT2D eigenvalue weighted by atomic mass is 9.88. The van der Waals surface area contributed by atoms with Gasteiger partial charge in [-0.05, 0) is 49.9 Å². The molecule has 0 radical (unpaired) electrons. The van der Waals surface area contributed by atoms with Crippen LogP contribution < -0.4 is 11.1 Å². The lowest BCUT2D eigenvalue weighted by molar-refractivity contribution is -0.141. The molecule has 2 unspecified atom stereocenters. The second-order valence-electron chi connectivity index (χ2n) is 10.9. The van der Waals surface area contributed by atoms with Gasteiger partial charge in [-0.1, -0.05) is 65.1 Å². The number of amidine groups is 1. The molecular formula is C30H36Cl3N7O5. The van der Waals surface area contributed by atoms with Crippen molar-refractivity contribution in [1.29, 1.82) is 5.41 Å². The maximum atomic E-state index is 13.9. The fourth-order valence-corrected chi connectivity index (χ4v) is 5.42. The Kier molecular flexibility index (Phi) is 10.5. The van der Waals surface area contributed by atoms with Crippen LogP contribution in [0.2, 0.25) is 0 Å². The normalized spacial score (nSPS) is 15.3. The van der Waals surface area contributed by atoms with Crippen molar-refractivity contribution in [2.75, 3.05) is 33.4 Å². The zero-order valence-corrected chi connectivity index (χ0v) is 27.7. The third-order valence-electron chi connectivity index (χ3n) is 7.93. The van der Waals surface area contributed by atoms with Crippen LogP contribution in [0.4, 0.5) is 9.59 Å². The summed E-state index contributed by atoms with van der Waals surface area (Å²) in [5.41, 5.74) is 8.43. The fourth-order valence-electron chi connectivity index (χ4n) is 5.25. The lowest BCUT2D eigenvalue weighted by Crippen LogP contribution is -2.55. The molecule has 4 N–H and O–H groups in total. The van der Waals surface area contributed by atoms with E-state index < -0.39 is 34.2 Å². The van der Waals surface area contributed by atoms with Gasteiger partial charge in [0.1, 0.15) is 23.8 Å². The number of halogens is 3. The number of alkyl carbamates (subject to hydrolysis) is 1. The number of benzene rings is 2. The molecule has 15 heteroatoms. The highest BCUT2D eigenvalue weighted by atomic mass is 35.6. The summed E-state index contributed by atoms with van der Waals surface area (Å²) in [6.07, 6.45) is 0.296. The molecule has 3 aromatic rings. The van der Waals surface area contributed by atoms with Crippen molar-refractivity contribution in [3.63, 3.8) is 0 Å². The number of rotatable bonds is 8. The SMILES string of the molecule is CCOC(=O)N(C)C(C)(C(=O)N1CCCC1)c1ccc2c(c1)nc(C(N)c1ccc(C(=N)NC(=O)OCC(Cl)(Cl)Cl)cc1)n2C. The van der Waals surface area contributed by atoms with Crippen LogP contribution in [0.3, 0.4) is 0 Å². The Labute approximate surface area is 276 Å². The number of nitrogens with two attached hydrogens (primary N) is 1. The van der Waals surface area contributed by atoms with E-state index in [2.05, 4.69) is 5.32 Å². The molecule has 4 rings (SSSR count). The molecule has 2 atom stereocenters. The number of likely N-dealkylation sites (tertiary alicyclic amines) is 1. The smallest absolute Gasteiger partial charge is 0.412 e. The van der Waals surface area contributed by atoms with Gasteiger partial charge in [0, 0.05) is 32.7 Å². The molecule has 12 nitrogen and oxygen atoms in total. The predicted octanol–water partition coefficient (Wildman–Crippen LogP) is 4.97. The Morgan fingerprint density at radius 2 is 1.76 bits per heavy atom. The number of likely N-dealkylation sites (N-methyl/N-ethyl adjacent to an activating group) is 1. The van der Waals surface area contributed by atoms with Gasteiger partial charge < -0.3 is 24.7 Å². The third-order valence-corrected chi connectivity index (χ3v) is 8.26. The van der Waals surface area contributed by atoms with Gasteiger partial charge in [-0.25, -0.2) is 14.6 Å². The minimum Gasteiger partial charge on any atom is -0.450 e. The molecule has 3 amide bonds. The topological polar surface area (TPSA) is 156 Å². The van der Waals surface area contributed by atoms with Crippen LogP contribution >= 0.6 is 34.8 Å². The number of carbonyl (C=O) groups excluding carboxylic acids is 3. The number of imidazole rings is 1. The van der Waals surface area contributed by atoms with Gasteiger partial charge in [-0.3, -0.25) is 20.4 Å². The van der Waals surface area contributed by atoms with E-state index in [9.17, 15) is 14.4 Å². The van der Waals surface area contributed by atoms with Crippen LogP contribution in [0.15, 0.2) is 42.5 Å². The number of nitrogens with one attached hydrogen (secondary N) is 2. The molecule has 1 aromatic heterocycles. The maximum absolute atomic E-state index is 13.9. The zero-order valence-electron chi connectivity index (χ0n) is 25.4. The second kappa shape index (κ2) is 13.8. The number of nitrogens with zero attached hydrogens (tertiary/aromatic N) is 4. The number of fused-ring (bicyclic) bond motifs is 1. The number of aromatic nitrogens is 2. The average Bonchev–Trinajstić information content (AvgIpc) is 3.66. The molecule has 1 aliphatic rings. The molecule has 2 aromatic carbocycles. The van der Waals surface area contributed by atoms with E-state index in [0.717, 1.165) is 18.4 Å². The summed E-state index contributed by atoms with van der Waals surface area (Å²) < 4.78 is 10.2. The number of amides is 3. The van der Waals surface area contributed by atoms with E-state index in [1.807, 2.05) is 29.8 Å². The van der Waals surface area contributed by atoms with Crippen molar-refractivity contribution in [1.82, 2.24) is 24.7 Å². The molecule has 0 spiro atoms. The van der Waals surface area contributed by atoms with Crippen molar-refractivity contribution in [3.8, 4) is 0 Å². The van der Waals surface area contributed by atoms with Crippen LogP contribution in [0.25, 0.3) is 11.0 Å². The van der Waals surface area contributed by atoms with Crippen LogP contribution in [-0.4, -0.2) is 80.4 Å². The number of ether oxygens (including phenoxy) is 2. The Morgan fingerprint density at radius 1 is 1.11 bits per heavy atom. The molecule has 45 heavy (non-hydrogen) atoms. The number of carbonyl (C=O) groups is 3. The summed E-state index contributed by atoms with van der Waals surface area (Å²) in [5.74, 6) is 0.171. The Bertz CT molecular complexity index is 1580. The summed E-state index contributed by atoms with van der Waals surface area (Å²) in [4.78, 5) is 46.7. The van der Waals surface area contributed by atoms with Crippen LogP contribution in [0.1, 0.15) is 55.2 Å². The maximum Gasteiger partial charge on any atom is 0.412 e. The monoisotopic (exact) mass is 679 g/mol. The Hall–Kier alpha value is -3.58. The first-order chi connectivity index (χ1) is 21.2. The standard InChI is InChI=1S/C30H36Cl3N7O5/c1-5-44-28(43)39(4)29(2,26(41)40-14-6-7-15-40)20-12-13-22-21(16-20)36-25(38(22)3)23(34)18-8-10-19(11-9-18)24(35)37-27(42)45-17-30(31,32)33/h8-13,16,23H,5-7,14-15,17,34H2,1-4H3,(H2,35,37,42). The van der Waals surface area contributed by atoms with E-state index in [1.54, 1.807) is 50.1 Å². The second-order valence-corrected chi connectivity index (χ2v) is 13.4. The first kappa shape index (κ1) is 34.3. The molecule has 0 saturated carbocycles. The molecule has 0 aliphatic carbocycles. The molecule has 242 valence electrons. The molecule has 2 heterocycles. The summed E-state index contributed by atoms with van der Waals surface area (Å²) >= 11 is 16.8. The van der Waals surface area contributed by atoms with E-state index in [-0.39, 0.29) is 18.3 Å². The van der Waals surface area contributed by atoms with Crippen molar-refractivity contribution < 1.29 is 23.9 Å². The summed E-state index contributed by atoms with van der Waals surface area (Å²) in [5, 5.41) is 10.4. The van der Waals surface area contributed by atoms with Gasteiger partial charge in [0.15, 0.2) is 0 Å². The highest BCUT2D eigenvalue weighted by Gasteiger charge is 2.45. The third kappa shape index (κ3) is 7.46. The van der Waals surface area contributed by atoms with Crippen LogP contribution in [0, 0.1) is 5.41 Å². The van der Waals surface area contributed by atoms with Crippen LogP contribution in [-0.2, 0) is 26.9 Å². The van der Waals surface area contributed by atoms with E-state index in [4.69, 9.17) is 60.4 Å². The van der Waals surface area contributed by atoms with Gasteiger partial charge in [-0.2, -0.15) is 0 Å². The van der Waals surface area contributed by atoms with Gasteiger partial charge in [0.05, 0.1) is 23.7 Å². The van der Waals surface area contributed by atoms with Crippen molar-refractivity contribution in [2.24, 2.45) is 12.8 Å². The minimum absolute atomic E-state index is 0.179. The molecule has 1 aliphatic heterocycles. The van der Waals surface area contributed by atoms with Gasteiger partial charge >= 0.3 is 12.2 Å². The van der Waals surface area contributed by atoms with Crippen LogP contribution in [0.5, 0.6) is 0 Å². The fraction of sp³-hybridized carbons (Fsp3) is 0.433. The number of aryl methyl sites for hydroxylation is 1. The highest BCUT2D eigenvalue weighted by molar-refractivity contribution is 6.67. The van der Waals surface area contributed by atoms with Gasteiger partial charge in [0.2, 0.25) is 3.79 Å². The van der Waals surface area contributed by atoms with Gasteiger partial charge in [0.25, 0.3) is 5.91 Å². The Morgan fingerprint density at radius 3 is 2.36 bits per heavy atom. The van der Waals surface area contributed by atoms with Crippen molar-refractivity contribution in [3.05, 3.63) is 65.0 Å². The summed E-state index contributed by atoms with van der Waals surface area (Å²) in [6.45, 7) is 4.42. The van der Waals surface area contributed by atoms with E-state index in [0.29, 0.717) is 41.1 Å². The zero-order chi connectivity index (χ0) is 33.1. The highest BCUT2D eigenvalue weighted by Crippen LogP contribution is 2.34. The Balaban J connectivity index is 1.59. The summed E-state index contributed by atoms with van der Waals surface area (Å²) in [7, 11) is 3.42. The van der Waals surface area contributed by atoms with Gasteiger partial charge in [-0.15, -0.1) is 0 Å². The number of hydrogen-bond donors (Lipinski definition) is 3. The van der Waals surface area contributed by atoms with E-state index >= 15 is 0 Å². The molecule has 1 saturated heterocycles.